The number of anilines is 1. The first-order chi connectivity index (χ1) is 7.95. The van der Waals surface area contributed by atoms with Crippen molar-refractivity contribution in [3.05, 3.63) is 28.2 Å². The van der Waals surface area contributed by atoms with Gasteiger partial charge >= 0.3 is 6.18 Å². The van der Waals surface area contributed by atoms with E-state index in [-0.39, 0.29) is 5.69 Å². The van der Waals surface area contributed by atoms with Crippen LogP contribution in [0.15, 0.2) is 22.7 Å². The molecule has 0 spiro atoms. The first-order valence-corrected chi connectivity index (χ1v) is 5.74. The zero-order valence-corrected chi connectivity index (χ0v) is 10.7. The zero-order chi connectivity index (χ0) is 12.9. The Labute approximate surface area is 107 Å². The second kappa shape index (κ2) is 5.97. The van der Waals surface area contributed by atoms with Crippen molar-refractivity contribution >= 4 is 21.6 Å². The van der Waals surface area contributed by atoms with Gasteiger partial charge in [-0.3, -0.25) is 0 Å². The number of rotatable bonds is 3. The zero-order valence-electron chi connectivity index (χ0n) is 9.16. The molecule has 17 heavy (non-hydrogen) atoms. The summed E-state index contributed by atoms with van der Waals surface area (Å²) in [6, 6.07) is 4.04. The quantitative estimate of drug-likeness (QED) is 0.649. The van der Waals surface area contributed by atoms with Gasteiger partial charge < -0.3 is 5.32 Å². The summed E-state index contributed by atoms with van der Waals surface area (Å²) in [4.78, 5) is 0. The highest BCUT2D eigenvalue weighted by molar-refractivity contribution is 9.10. The molecule has 0 atom stereocenters. The van der Waals surface area contributed by atoms with Crippen LogP contribution in [0.3, 0.4) is 0 Å². The summed E-state index contributed by atoms with van der Waals surface area (Å²) < 4.78 is 38.6. The van der Waals surface area contributed by atoms with Gasteiger partial charge in [0.2, 0.25) is 0 Å². The van der Waals surface area contributed by atoms with Crippen LogP contribution < -0.4 is 5.32 Å². The summed E-state index contributed by atoms with van der Waals surface area (Å²) in [5, 5.41) is 2.74. The van der Waals surface area contributed by atoms with Crippen molar-refractivity contribution < 1.29 is 13.2 Å². The Bertz CT molecular complexity index is 443. The number of hydrogen-bond acceptors (Lipinski definition) is 1. The molecule has 0 aromatic heterocycles. The van der Waals surface area contributed by atoms with Gasteiger partial charge in [0, 0.05) is 23.1 Å². The first kappa shape index (κ1) is 13.9. The van der Waals surface area contributed by atoms with Crippen LogP contribution in [0.5, 0.6) is 0 Å². The molecule has 1 aromatic rings. The van der Waals surface area contributed by atoms with Crippen LogP contribution in [-0.4, -0.2) is 6.54 Å². The highest BCUT2D eigenvalue weighted by Crippen LogP contribution is 2.36. The molecule has 1 aromatic carbocycles. The van der Waals surface area contributed by atoms with E-state index in [4.69, 9.17) is 0 Å². The van der Waals surface area contributed by atoms with Gasteiger partial charge in [0.25, 0.3) is 0 Å². The highest BCUT2D eigenvalue weighted by atomic mass is 79.9. The molecule has 92 valence electrons. The van der Waals surface area contributed by atoms with Crippen LogP contribution in [0.2, 0.25) is 0 Å². The lowest BCUT2D eigenvalue weighted by Gasteiger charge is -2.14. The lowest BCUT2D eigenvalue weighted by Crippen LogP contribution is -2.11. The Morgan fingerprint density at radius 2 is 2.06 bits per heavy atom. The van der Waals surface area contributed by atoms with Gasteiger partial charge in [0.15, 0.2) is 0 Å². The van der Waals surface area contributed by atoms with E-state index in [2.05, 4.69) is 33.1 Å². The summed E-state index contributed by atoms with van der Waals surface area (Å²) >= 11 is 3.03. The van der Waals surface area contributed by atoms with Crippen molar-refractivity contribution in [2.45, 2.75) is 19.5 Å². The maximum atomic E-state index is 12.7. The second-order valence-electron chi connectivity index (χ2n) is 3.29. The van der Waals surface area contributed by atoms with Gasteiger partial charge in [0.1, 0.15) is 0 Å². The van der Waals surface area contributed by atoms with E-state index in [9.17, 15) is 13.2 Å². The van der Waals surface area contributed by atoms with Gasteiger partial charge in [-0.2, -0.15) is 13.2 Å². The van der Waals surface area contributed by atoms with E-state index in [1.807, 2.05) is 0 Å². The van der Waals surface area contributed by atoms with Gasteiger partial charge in [-0.25, -0.2) is 0 Å². The van der Waals surface area contributed by atoms with Crippen molar-refractivity contribution in [3.63, 3.8) is 0 Å². The molecular weight excluding hydrogens is 295 g/mol. The molecule has 5 heteroatoms. The summed E-state index contributed by atoms with van der Waals surface area (Å²) in [6.45, 7) is 2.09. The fourth-order valence-electron chi connectivity index (χ4n) is 1.29. The summed E-state index contributed by atoms with van der Waals surface area (Å²) in [7, 11) is 0. The highest BCUT2D eigenvalue weighted by Gasteiger charge is 2.33. The molecule has 1 nitrogen and oxygen atoms in total. The number of alkyl halides is 3. The minimum Gasteiger partial charge on any atom is -0.384 e. The Hall–Kier alpha value is -1.15. The minimum atomic E-state index is -4.36. The van der Waals surface area contributed by atoms with Crippen LogP contribution >= 0.6 is 15.9 Å². The van der Waals surface area contributed by atoms with Crippen LogP contribution in [-0.2, 0) is 6.18 Å². The predicted octanol–water partition coefficient (Wildman–Crippen LogP) is 4.29. The minimum absolute atomic E-state index is 0.0820. The molecule has 0 unspecified atom stereocenters. The second-order valence-corrected chi connectivity index (χ2v) is 4.21. The summed E-state index contributed by atoms with van der Waals surface area (Å²) in [5.74, 6) is 5.47. The van der Waals surface area contributed by atoms with Gasteiger partial charge in [-0.1, -0.05) is 15.9 Å². The van der Waals surface area contributed by atoms with Crippen molar-refractivity contribution in [1.82, 2.24) is 0 Å². The molecule has 0 fully saturated rings. The van der Waals surface area contributed by atoms with Crippen molar-refractivity contribution in [1.29, 1.82) is 0 Å². The SMILES string of the molecule is CC#CCCNc1ccc(Br)cc1C(F)(F)F. The third-order valence-electron chi connectivity index (χ3n) is 2.03. The topological polar surface area (TPSA) is 12.0 Å². The van der Waals surface area contributed by atoms with Crippen LogP contribution in [0.4, 0.5) is 18.9 Å². The smallest absolute Gasteiger partial charge is 0.384 e. The average molecular weight is 306 g/mol. The summed E-state index contributed by atoms with van der Waals surface area (Å²) in [6.07, 6.45) is -3.84. The molecular formula is C12H11BrF3N. The number of benzene rings is 1. The largest absolute Gasteiger partial charge is 0.418 e. The predicted molar refractivity (Wildman–Crippen MR) is 65.7 cm³/mol. The van der Waals surface area contributed by atoms with Crippen LogP contribution in [0.1, 0.15) is 18.9 Å². The molecule has 0 aliphatic carbocycles. The van der Waals surface area contributed by atoms with E-state index in [1.165, 1.54) is 6.07 Å². The molecule has 0 saturated carbocycles. The molecule has 1 rings (SSSR count). The van der Waals surface area contributed by atoms with E-state index in [0.717, 1.165) is 6.07 Å². The molecule has 1 N–H and O–H groups in total. The Kier molecular flexibility index (Phi) is 4.88. The van der Waals surface area contributed by atoms with E-state index in [1.54, 1.807) is 13.0 Å². The van der Waals surface area contributed by atoms with Crippen LogP contribution in [0.25, 0.3) is 0 Å². The van der Waals surface area contributed by atoms with E-state index >= 15 is 0 Å². The molecule has 0 aliphatic rings. The van der Waals surface area contributed by atoms with Crippen molar-refractivity contribution in [2.24, 2.45) is 0 Å². The third-order valence-corrected chi connectivity index (χ3v) is 2.52. The molecule has 0 amide bonds. The summed E-state index contributed by atoms with van der Waals surface area (Å²) in [5.41, 5.74) is -0.588. The maximum absolute atomic E-state index is 12.7. The number of hydrogen-bond donors (Lipinski definition) is 1. The average Bonchev–Trinajstić information content (AvgIpc) is 2.25. The van der Waals surface area contributed by atoms with Gasteiger partial charge in [0.05, 0.1) is 5.56 Å². The molecule has 0 saturated heterocycles. The first-order valence-electron chi connectivity index (χ1n) is 4.95. The fraction of sp³-hybridized carbons (Fsp3) is 0.333. The van der Waals surface area contributed by atoms with Gasteiger partial charge in [-0.15, -0.1) is 11.8 Å². The Morgan fingerprint density at radius 1 is 1.35 bits per heavy atom. The molecule has 0 aliphatic heterocycles. The Morgan fingerprint density at radius 3 is 2.65 bits per heavy atom. The van der Waals surface area contributed by atoms with E-state index < -0.39 is 11.7 Å². The lowest BCUT2D eigenvalue weighted by molar-refractivity contribution is -0.137. The van der Waals surface area contributed by atoms with Gasteiger partial charge in [-0.05, 0) is 25.1 Å². The third kappa shape index (κ3) is 4.31. The maximum Gasteiger partial charge on any atom is 0.418 e. The van der Waals surface area contributed by atoms with E-state index in [0.29, 0.717) is 17.4 Å². The number of halogens is 4. The normalized spacial score (nSPS) is 10.6. The number of nitrogens with one attached hydrogen (secondary N) is 1. The molecule has 0 bridgehead atoms. The Balaban J connectivity index is 2.86. The van der Waals surface area contributed by atoms with Crippen LogP contribution in [0, 0.1) is 11.8 Å². The monoisotopic (exact) mass is 305 g/mol. The lowest BCUT2D eigenvalue weighted by atomic mass is 10.1. The molecule has 0 heterocycles. The molecule has 0 radical (unpaired) electrons. The van der Waals surface area contributed by atoms with Crippen molar-refractivity contribution in [3.8, 4) is 11.8 Å². The van der Waals surface area contributed by atoms with Crippen molar-refractivity contribution in [2.75, 3.05) is 11.9 Å². The standard InChI is InChI=1S/C12H11BrF3N/c1-2-3-4-7-17-11-6-5-9(13)8-10(11)12(14,15)16/h5-6,8,17H,4,7H2,1H3. The fourth-order valence-corrected chi connectivity index (χ4v) is 1.65.